The lowest BCUT2D eigenvalue weighted by molar-refractivity contribution is -0.917. The van der Waals surface area contributed by atoms with Crippen LogP contribution in [0, 0.1) is 5.92 Å². The maximum absolute atomic E-state index is 14.6. The zero-order valence-corrected chi connectivity index (χ0v) is 32.6. The molecule has 0 aromatic heterocycles. The Labute approximate surface area is 320 Å². The molecule has 280 valence electrons. The number of carbonyl (C=O) groups excluding carboxylic acids is 3. The van der Waals surface area contributed by atoms with Gasteiger partial charge in [0.1, 0.15) is 12.1 Å². The third-order valence-electron chi connectivity index (χ3n) is 11.8. The van der Waals surface area contributed by atoms with E-state index < -0.39 is 23.6 Å². The van der Waals surface area contributed by atoms with E-state index in [0.717, 1.165) is 40.6 Å². The normalized spacial score (nSPS) is 24.7. The number of piperidine rings is 1. The van der Waals surface area contributed by atoms with Gasteiger partial charge in [0.2, 0.25) is 17.7 Å². The molecule has 3 aliphatic heterocycles. The van der Waals surface area contributed by atoms with Crippen molar-refractivity contribution >= 4 is 17.7 Å². The zero-order chi connectivity index (χ0) is 35.8. The fourth-order valence-corrected chi connectivity index (χ4v) is 9.16. The quantitative estimate of drug-likeness (QED) is 0.159. The average molecular weight is 774 g/mol. The van der Waals surface area contributed by atoms with Gasteiger partial charge in [0.15, 0.2) is 0 Å². The van der Waals surface area contributed by atoms with E-state index in [1.807, 2.05) is 54.6 Å². The molecule has 3 fully saturated rings. The van der Waals surface area contributed by atoms with Crippen molar-refractivity contribution in [2.75, 3.05) is 46.3 Å². The monoisotopic (exact) mass is 772 g/mol. The molecule has 0 aliphatic carbocycles. The summed E-state index contributed by atoms with van der Waals surface area (Å²) in [6.07, 6.45) is 6.79. The highest BCUT2D eigenvalue weighted by Gasteiger charge is 2.47. The fraction of sp³-hybridized carbons (Fsp3) is 0.512. The molecule has 3 aromatic rings. The van der Waals surface area contributed by atoms with Crippen molar-refractivity contribution < 1.29 is 41.0 Å². The number of aliphatic hydroxyl groups is 1. The summed E-state index contributed by atoms with van der Waals surface area (Å²) in [6, 6.07) is 28.8. The average Bonchev–Trinajstić information content (AvgIpc) is 3.81. The van der Waals surface area contributed by atoms with Gasteiger partial charge in [0.05, 0.1) is 38.2 Å². The summed E-state index contributed by atoms with van der Waals surface area (Å²) in [5.41, 5.74) is 2.12. The summed E-state index contributed by atoms with van der Waals surface area (Å²) in [5, 5.41) is 14.2. The van der Waals surface area contributed by atoms with E-state index in [0.29, 0.717) is 25.4 Å². The molecule has 0 radical (unpaired) electrons. The van der Waals surface area contributed by atoms with E-state index in [9.17, 15) is 19.5 Å². The van der Waals surface area contributed by atoms with Crippen molar-refractivity contribution in [2.24, 2.45) is 5.92 Å². The Kier molecular flexibility index (Phi) is 13.7. The number of benzene rings is 3. The first-order valence-corrected chi connectivity index (χ1v) is 19.3. The van der Waals surface area contributed by atoms with Gasteiger partial charge in [-0.2, -0.15) is 0 Å². The number of nitrogens with zero attached hydrogens (tertiary/aromatic N) is 3. The largest absolute Gasteiger partial charge is 1.00 e. The smallest absolute Gasteiger partial charge is 0.246 e. The fourth-order valence-electron chi connectivity index (χ4n) is 9.16. The summed E-state index contributed by atoms with van der Waals surface area (Å²) in [6.45, 7) is 6.90. The predicted octanol–water partition coefficient (Wildman–Crippen LogP) is 2.53. The Morgan fingerprint density at radius 1 is 0.827 bits per heavy atom. The van der Waals surface area contributed by atoms with Crippen LogP contribution in [0.1, 0.15) is 81.4 Å². The zero-order valence-electron chi connectivity index (χ0n) is 31.0. The number of unbranched alkanes of at least 4 members (excludes halogenated alkanes) is 2. The van der Waals surface area contributed by atoms with Gasteiger partial charge in [-0.3, -0.25) is 14.4 Å². The third-order valence-corrected chi connectivity index (χ3v) is 11.8. The first-order valence-electron chi connectivity index (χ1n) is 19.3. The number of halogens is 1. The minimum absolute atomic E-state index is 0. The number of hydrogen-bond acceptors (Lipinski definition) is 4. The van der Waals surface area contributed by atoms with Crippen LogP contribution in [0.5, 0.6) is 0 Å². The second-order valence-electron chi connectivity index (χ2n) is 15.5. The molecule has 52 heavy (non-hydrogen) atoms. The molecule has 9 heteroatoms. The summed E-state index contributed by atoms with van der Waals surface area (Å²) >= 11 is 0. The lowest BCUT2D eigenvalue weighted by Crippen LogP contribution is -3.00. The highest BCUT2D eigenvalue weighted by atomic mass is 79.9. The van der Waals surface area contributed by atoms with Gasteiger partial charge in [-0.05, 0) is 55.2 Å². The number of nitrogens with one attached hydrogen (secondary N) is 1. The molecule has 3 saturated heterocycles. The van der Waals surface area contributed by atoms with E-state index in [1.165, 1.54) is 38.8 Å². The second kappa shape index (κ2) is 18.0. The van der Waals surface area contributed by atoms with Crippen molar-refractivity contribution in [3.05, 3.63) is 108 Å². The SMILES string of the molecule is CCCCC[N+]1(C)CCC[C@H](CNC(=O)[C@H]2CCCN2C(=O)[C@@H]2C[C@@H](O)CN2C(=O)CC(c2ccccc2)(c2ccccc2)c2ccccc2)C1.[Br-]. The van der Waals surface area contributed by atoms with E-state index in [4.69, 9.17) is 0 Å². The van der Waals surface area contributed by atoms with Gasteiger partial charge < -0.3 is 41.7 Å². The Balaban J connectivity index is 0.00000523. The predicted molar refractivity (Wildman–Crippen MR) is 201 cm³/mol. The van der Waals surface area contributed by atoms with Crippen LogP contribution in [0.15, 0.2) is 91.0 Å². The molecule has 1 unspecified atom stereocenters. The van der Waals surface area contributed by atoms with Crippen LogP contribution in [-0.4, -0.2) is 102 Å². The van der Waals surface area contributed by atoms with Gasteiger partial charge in [0, 0.05) is 38.4 Å². The Morgan fingerprint density at radius 3 is 2.00 bits per heavy atom. The summed E-state index contributed by atoms with van der Waals surface area (Å²) in [5.74, 6) is -0.101. The maximum atomic E-state index is 14.6. The molecule has 3 heterocycles. The lowest BCUT2D eigenvalue weighted by atomic mass is 9.67. The molecule has 0 saturated carbocycles. The van der Waals surface area contributed by atoms with Crippen LogP contribution in [-0.2, 0) is 19.8 Å². The van der Waals surface area contributed by atoms with Gasteiger partial charge in [0.25, 0.3) is 0 Å². The molecule has 0 spiro atoms. The number of β-amino-alcohol motifs (C(OH)–C–C–N with tert-alkyl or cyclic N) is 1. The van der Waals surface area contributed by atoms with E-state index >= 15 is 0 Å². The molecule has 3 aromatic carbocycles. The van der Waals surface area contributed by atoms with Crippen molar-refractivity contribution in [1.29, 1.82) is 0 Å². The number of quaternary nitrogens is 1. The molecule has 3 amide bonds. The minimum Gasteiger partial charge on any atom is -1.00 e. The van der Waals surface area contributed by atoms with E-state index in [1.54, 1.807) is 9.80 Å². The maximum Gasteiger partial charge on any atom is 0.246 e. The standard InChI is InChI=1S/C43H56N4O4.BrH/c1-3-4-14-26-47(2)27-16-17-33(32-47)30-44-41(50)38-24-15-25-45(38)42(51)39-28-37(48)31-46(39)40(49)29-43(34-18-8-5-9-19-34,35-20-10-6-11-21-35)36-22-12-7-13-23-36;/h5-13,18-23,33,37-39,48H,3-4,14-17,24-32H2,1-2H3;1H/t33-,37-,38-,39+,47?;/m1./s1. The van der Waals surface area contributed by atoms with Gasteiger partial charge >= 0.3 is 0 Å². The number of aliphatic hydroxyl groups excluding tert-OH is 1. The van der Waals surface area contributed by atoms with E-state index in [2.05, 4.69) is 55.7 Å². The summed E-state index contributed by atoms with van der Waals surface area (Å²) < 4.78 is 1.07. The number of rotatable bonds is 13. The molecule has 8 nitrogen and oxygen atoms in total. The van der Waals surface area contributed by atoms with Gasteiger partial charge in [-0.25, -0.2) is 0 Å². The third kappa shape index (κ3) is 8.80. The highest BCUT2D eigenvalue weighted by molar-refractivity contribution is 5.93. The topological polar surface area (TPSA) is 89.9 Å². The van der Waals surface area contributed by atoms with Gasteiger partial charge in [-0.1, -0.05) is 104 Å². The van der Waals surface area contributed by atoms with Crippen molar-refractivity contribution in [3.8, 4) is 0 Å². The Morgan fingerprint density at radius 2 is 1.42 bits per heavy atom. The Bertz CT molecular complexity index is 1510. The van der Waals surface area contributed by atoms with Crippen LogP contribution >= 0.6 is 0 Å². The summed E-state index contributed by atoms with van der Waals surface area (Å²) in [4.78, 5) is 46.0. The van der Waals surface area contributed by atoms with Crippen molar-refractivity contribution in [2.45, 2.75) is 88.3 Å². The molecule has 3 aliphatic rings. The van der Waals surface area contributed by atoms with Crippen molar-refractivity contribution in [3.63, 3.8) is 0 Å². The number of amides is 3. The molecule has 6 rings (SSSR count). The minimum atomic E-state index is -0.819. The highest BCUT2D eigenvalue weighted by Crippen LogP contribution is 2.43. The van der Waals surface area contributed by atoms with Gasteiger partial charge in [-0.15, -0.1) is 0 Å². The second-order valence-corrected chi connectivity index (χ2v) is 15.5. The van der Waals surface area contributed by atoms with Crippen LogP contribution in [0.2, 0.25) is 0 Å². The molecular formula is C43H57BrN4O4. The molecular weight excluding hydrogens is 716 g/mol. The van der Waals surface area contributed by atoms with Crippen molar-refractivity contribution in [1.82, 2.24) is 15.1 Å². The number of hydrogen-bond donors (Lipinski definition) is 2. The molecule has 0 bridgehead atoms. The van der Waals surface area contributed by atoms with E-state index in [-0.39, 0.29) is 54.1 Å². The van der Waals surface area contributed by atoms with Crippen LogP contribution in [0.25, 0.3) is 0 Å². The molecule has 2 N–H and O–H groups in total. The number of carbonyl (C=O) groups is 3. The first kappa shape index (κ1) is 39.7. The van der Waals surface area contributed by atoms with Crippen LogP contribution < -0.4 is 22.3 Å². The van der Waals surface area contributed by atoms with Crippen LogP contribution in [0.3, 0.4) is 0 Å². The summed E-state index contributed by atoms with van der Waals surface area (Å²) in [7, 11) is 2.35. The Hall–Kier alpha value is -3.53. The van der Waals surface area contributed by atoms with Crippen LogP contribution in [0.4, 0.5) is 0 Å². The molecule has 5 atom stereocenters. The first-order chi connectivity index (χ1) is 24.7. The lowest BCUT2D eigenvalue weighted by Gasteiger charge is -2.41. The number of likely N-dealkylation sites (tertiary alicyclic amines) is 3.